The van der Waals surface area contributed by atoms with Crippen molar-refractivity contribution >= 4 is 41.9 Å². The summed E-state index contributed by atoms with van der Waals surface area (Å²) in [5.41, 5.74) is -1.57. The summed E-state index contributed by atoms with van der Waals surface area (Å²) in [6.45, 7) is 3.75. The van der Waals surface area contributed by atoms with Gasteiger partial charge in [0.05, 0.1) is 65.0 Å². The van der Waals surface area contributed by atoms with E-state index in [0.29, 0.717) is 39.6 Å². The fraction of sp³-hybridized carbons (Fsp3) is 0.610. The topological polar surface area (TPSA) is 201 Å². The fourth-order valence-corrected chi connectivity index (χ4v) is 5.91. The smallest absolute Gasteiger partial charge is 0.255 e. The van der Waals surface area contributed by atoms with Crippen molar-refractivity contribution < 1.29 is 57.0 Å². The first-order chi connectivity index (χ1) is 28.4. The van der Waals surface area contributed by atoms with E-state index in [1.807, 2.05) is 0 Å². The molecule has 0 radical (unpaired) electrons. The first kappa shape index (κ1) is 53.0. The van der Waals surface area contributed by atoms with Crippen molar-refractivity contribution in [3.8, 4) is 42.8 Å². The Kier molecular flexibility index (Phi) is 29.4. The van der Waals surface area contributed by atoms with Crippen LogP contribution in [0.1, 0.15) is 62.7 Å². The summed E-state index contributed by atoms with van der Waals surface area (Å²) in [7, 11) is 0. The average molecular weight is 865 g/mol. The summed E-state index contributed by atoms with van der Waals surface area (Å²) >= 11 is 5.35. The molecule has 0 saturated carbocycles. The van der Waals surface area contributed by atoms with Gasteiger partial charge in [-0.2, -0.15) is 0 Å². The SMILES string of the molecule is C#CCOCCOCCNC(=O)CCC(CCC(=O)NCCOCCOCC#C)(CCC(=O)NCCOCCOCC#C)NC(=O)c1ccccc1OP(O)(=S)C(C)C. The lowest BCUT2D eigenvalue weighted by Crippen LogP contribution is -2.50. The average Bonchev–Trinajstić information content (AvgIpc) is 3.21. The molecular formula is C41H61N4O12PS. The Morgan fingerprint density at radius 3 is 1.41 bits per heavy atom. The molecule has 0 spiro atoms. The number of carbonyl (C=O) groups is 4. The van der Waals surface area contributed by atoms with Crippen molar-refractivity contribution in [2.75, 3.05) is 98.9 Å². The molecule has 0 aliphatic carbocycles. The molecule has 18 heteroatoms. The van der Waals surface area contributed by atoms with Crippen LogP contribution in [-0.2, 0) is 54.6 Å². The zero-order valence-corrected chi connectivity index (χ0v) is 36.0. The van der Waals surface area contributed by atoms with Crippen LogP contribution in [0.5, 0.6) is 5.75 Å². The quantitative estimate of drug-likeness (QED) is 0.0377. The van der Waals surface area contributed by atoms with Crippen molar-refractivity contribution in [3.63, 3.8) is 0 Å². The summed E-state index contributed by atoms with van der Waals surface area (Å²) in [5, 5.41) is 11.5. The Balaban J connectivity index is 3.22. The Hall–Kier alpha value is -4.05. The van der Waals surface area contributed by atoms with E-state index in [2.05, 4.69) is 39.0 Å². The van der Waals surface area contributed by atoms with Gasteiger partial charge in [0.15, 0.2) is 0 Å². The number of rotatable bonds is 35. The summed E-state index contributed by atoms with van der Waals surface area (Å²) in [4.78, 5) is 64.4. The molecule has 5 N–H and O–H groups in total. The molecule has 16 nitrogen and oxygen atoms in total. The van der Waals surface area contributed by atoms with Gasteiger partial charge in [-0.05, 0) is 43.2 Å². The standard InChI is InChI=1S/C41H61N4O12PS/c1-6-22-51-28-31-54-25-19-42-37(46)13-16-41(17-14-38(47)43-20-26-55-32-29-52-23-7-2,18-15-39(48)44-21-27-56-33-30-53-24-8-3)45-40(49)35-11-9-10-12-36(35)57-58(50,59)34(4)5/h1-3,9-12,34H,13-33H2,4-5H3,(H,42,46)(H,43,47)(H,44,48)(H,45,49)(H,50,59). The molecule has 0 aliphatic heterocycles. The highest BCUT2D eigenvalue weighted by Gasteiger charge is 2.35. The maximum absolute atomic E-state index is 14.2. The first-order valence-corrected chi connectivity index (χ1v) is 22.1. The van der Waals surface area contributed by atoms with E-state index in [0.717, 1.165) is 0 Å². The molecule has 59 heavy (non-hydrogen) atoms. The number of hydrogen-bond donors (Lipinski definition) is 5. The number of benzene rings is 1. The molecule has 1 atom stereocenters. The van der Waals surface area contributed by atoms with E-state index >= 15 is 0 Å². The molecule has 1 unspecified atom stereocenters. The summed E-state index contributed by atoms with van der Waals surface area (Å²) in [6.07, 6.45) is 15.5. The highest BCUT2D eigenvalue weighted by atomic mass is 32.5. The van der Waals surface area contributed by atoms with Gasteiger partial charge < -0.3 is 59.1 Å². The third kappa shape index (κ3) is 25.9. The number of ether oxygens (including phenoxy) is 6. The number of nitrogens with one attached hydrogen (secondary N) is 4. The molecule has 1 aromatic carbocycles. The second-order valence-corrected chi connectivity index (χ2v) is 17.1. The first-order valence-electron chi connectivity index (χ1n) is 19.4. The maximum Gasteiger partial charge on any atom is 0.255 e. The summed E-state index contributed by atoms with van der Waals surface area (Å²) in [5.74, 6) is 5.56. The summed E-state index contributed by atoms with van der Waals surface area (Å²) < 4.78 is 37.8. The van der Waals surface area contributed by atoms with Crippen molar-refractivity contribution in [2.24, 2.45) is 0 Å². The van der Waals surface area contributed by atoms with Gasteiger partial charge >= 0.3 is 0 Å². The summed E-state index contributed by atoms with van der Waals surface area (Å²) in [6, 6.07) is 6.32. The molecule has 0 heterocycles. The van der Waals surface area contributed by atoms with Crippen LogP contribution in [-0.4, -0.2) is 139 Å². The van der Waals surface area contributed by atoms with Gasteiger partial charge in [-0.3, -0.25) is 19.2 Å². The van der Waals surface area contributed by atoms with Gasteiger partial charge in [-0.15, -0.1) is 19.3 Å². The van der Waals surface area contributed by atoms with Crippen molar-refractivity contribution in [3.05, 3.63) is 29.8 Å². The molecule has 1 aromatic rings. The van der Waals surface area contributed by atoms with Gasteiger partial charge in [0.25, 0.3) is 5.91 Å². The lowest BCUT2D eigenvalue weighted by molar-refractivity contribution is -0.121. The fourth-order valence-electron chi connectivity index (χ4n) is 5.02. The molecule has 4 amide bonds. The molecule has 0 fully saturated rings. The van der Waals surface area contributed by atoms with Crippen LogP contribution in [0.4, 0.5) is 0 Å². The second-order valence-electron chi connectivity index (χ2n) is 13.1. The minimum absolute atomic E-state index is 0.0560. The molecule has 0 saturated heterocycles. The van der Waals surface area contributed by atoms with Crippen LogP contribution in [0.3, 0.4) is 0 Å². The van der Waals surface area contributed by atoms with Gasteiger partial charge in [0.1, 0.15) is 25.6 Å². The molecule has 0 aliphatic rings. The third-order valence-electron chi connectivity index (χ3n) is 8.26. The van der Waals surface area contributed by atoms with E-state index in [1.54, 1.807) is 26.0 Å². The lowest BCUT2D eigenvalue weighted by atomic mass is 9.82. The predicted molar refractivity (Wildman–Crippen MR) is 227 cm³/mol. The van der Waals surface area contributed by atoms with E-state index < -0.39 is 23.6 Å². The highest BCUT2D eigenvalue weighted by Crippen LogP contribution is 2.48. The molecular weight excluding hydrogens is 804 g/mol. The van der Waals surface area contributed by atoms with Crippen molar-refractivity contribution in [1.29, 1.82) is 0 Å². The minimum atomic E-state index is -3.33. The van der Waals surface area contributed by atoms with Gasteiger partial charge in [-0.1, -0.05) is 43.7 Å². The Morgan fingerprint density at radius 2 is 1.03 bits per heavy atom. The van der Waals surface area contributed by atoms with Crippen LogP contribution in [0.2, 0.25) is 0 Å². The Morgan fingerprint density at radius 1 is 0.661 bits per heavy atom. The number of amides is 4. The van der Waals surface area contributed by atoms with Crippen molar-refractivity contribution in [2.45, 2.75) is 63.6 Å². The van der Waals surface area contributed by atoms with Crippen LogP contribution in [0.15, 0.2) is 24.3 Å². The van der Waals surface area contributed by atoms with Gasteiger partial charge in [0.2, 0.25) is 24.2 Å². The molecule has 328 valence electrons. The van der Waals surface area contributed by atoms with Crippen LogP contribution in [0.25, 0.3) is 0 Å². The second kappa shape index (κ2) is 32.8. The lowest BCUT2D eigenvalue weighted by Gasteiger charge is -2.35. The van der Waals surface area contributed by atoms with E-state index in [9.17, 15) is 24.1 Å². The van der Waals surface area contributed by atoms with Gasteiger partial charge in [-0.25, -0.2) is 0 Å². The number of hydrogen-bond acceptors (Lipinski definition) is 12. The van der Waals surface area contributed by atoms with Crippen LogP contribution >= 0.6 is 6.49 Å². The number of terminal acetylenes is 3. The minimum Gasteiger partial charge on any atom is -0.442 e. The third-order valence-corrected chi connectivity index (χ3v) is 11.5. The highest BCUT2D eigenvalue weighted by molar-refractivity contribution is 8.09. The molecule has 0 aromatic heterocycles. The van der Waals surface area contributed by atoms with E-state index in [1.165, 1.54) is 12.1 Å². The Labute approximate surface area is 354 Å². The largest absolute Gasteiger partial charge is 0.442 e. The number of para-hydroxylation sites is 1. The molecule has 1 rings (SSSR count). The van der Waals surface area contributed by atoms with Crippen molar-refractivity contribution in [1.82, 2.24) is 21.3 Å². The van der Waals surface area contributed by atoms with Gasteiger partial charge in [0, 0.05) is 50.1 Å². The van der Waals surface area contributed by atoms with Crippen LogP contribution in [0, 0.1) is 37.0 Å². The van der Waals surface area contributed by atoms with E-state index in [-0.39, 0.29) is 127 Å². The maximum atomic E-state index is 14.2. The predicted octanol–water partition coefficient (Wildman–Crippen LogP) is 1.93. The normalized spacial score (nSPS) is 12.0. The Bertz CT molecular complexity index is 1460. The molecule has 0 bridgehead atoms. The monoisotopic (exact) mass is 864 g/mol. The van der Waals surface area contributed by atoms with Crippen LogP contribution < -0.4 is 25.8 Å². The zero-order chi connectivity index (χ0) is 43.6. The number of carbonyl (C=O) groups excluding carboxylic acids is 4. The zero-order valence-electron chi connectivity index (χ0n) is 34.3. The van der Waals surface area contributed by atoms with E-state index in [4.69, 9.17) is 64.0 Å².